The van der Waals surface area contributed by atoms with Gasteiger partial charge in [0, 0.05) is 16.6 Å². The van der Waals surface area contributed by atoms with Crippen molar-refractivity contribution in [3.8, 4) is 0 Å². The average molecular weight is 254 g/mol. The maximum Gasteiger partial charge on any atom is 0.132 e. The second kappa shape index (κ2) is 5.65. The van der Waals surface area contributed by atoms with E-state index in [1.165, 1.54) is 18.9 Å². The van der Waals surface area contributed by atoms with E-state index in [1.807, 2.05) is 6.92 Å². The summed E-state index contributed by atoms with van der Waals surface area (Å²) in [6.07, 6.45) is 5.61. The van der Waals surface area contributed by atoms with Crippen molar-refractivity contribution >= 4 is 17.2 Å². The molecule has 1 aliphatic rings. The summed E-state index contributed by atoms with van der Waals surface area (Å²) in [7, 11) is 0. The van der Waals surface area contributed by atoms with Crippen LogP contribution in [0.15, 0.2) is 24.3 Å². The second-order valence-corrected chi connectivity index (χ2v) is 4.96. The fourth-order valence-electron chi connectivity index (χ4n) is 1.78. The quantitative estimate of drug-likeness (QED) is 0.782. The van der Waals surface area contributed by atoms with Gasteiger partial charge < -0.3 is 5.32 Å². The SMILES string of the molecule is CC(=CCCNC1CC1)c1ccc(Cl)cc1F. The number of rotatable bonds is 5. The molecule has 0 amide bonds. The van der Waals surface area contributed by atoms with Gasteiger partial charge in [0.25, 0.3) is 0 Å². The standard InChI is InChI=1S/C14H17ClFN/c1-10(3-2-8-17-12-5-6-12)13-7-4-11(15)9-14(13)16/h3-4,7,9,12,17H,2,5-6,8H2,1H3. The molecule has 3 heteroatoms. The minimum atomic E-state index is -0.249. The number of halogens is 2. The summed E-state index contributed by atoms with van der Waals surface area (Å²) in [6, 6.07) is 5.55. The van der Waals surface area contributed by atoms with Gasteiger partial charge in [0.2, 0.25) is 0 Å². The molecule has 92 valence electrons. The van der Waals surface area contributed by atoms with Crippen LogP contribution in [0.4, 0.5) is 4.39 Å². The molecule has 0 radical (unpaired) electrons. The van der Waals surface area contributed by atoms with Gasteiger partial charge in [0.05, 0.1) is 0 Å². The van der Waals surface area contributed by atoms with Crippen LogP contribution >= 0.6 is 11.6 Å². The summed E-state index contributed by atoms with van der Waals surface area (Å²) in [6.45, 7) is 2.90. The Morgan fingerprint density at radius 2 is 2.29 bits per heavy atom. The Hall–Kier alpha value is -0.860. The van der Waals surface area contributed by atoms with Gasteiger partial charge >= 0.3 is 0 Å². The molecular weight excluding hydrogens is 237 g/mol. The summed E-state index contributed by atoms with van der Waals surface area (Å²) in [4.78, 5) is 0. The predicted octanol–water partition coefficient (Wildman–Crippen LogP) is 4.02. The highest BCUT2D eigenvalue weighted by molar-refractivity contribution is 6.30. The molecule has 0 saturated heterocycles. The molecule has 0 heterocycles. The number of nitrogens with one attached hydrogen (secondary N) is 1. The molecule has 17 heavy (non-hydrogen) atoms. The van der Waals surface area contributed by atoms with Gasteiger partial charge in [-0.05, 0) is 50.4 Å². The zero-order valence-corrected chi connectivity index (χ0v) is 10.7. The molecule has 0 bridgehead atoms. The van der Waals surface area contributed by atoms with Crippen LogP contribution < -0.4 is 5.32 Å². The van der Waals surface area contributed by atoms with Gasteiger partial charge in [-0.1, -0.05) is 23.7 Å². The van der Waals surface area contributed by atoms with Gasteiger partial charge in [-0.3, -0.25) is 0 Å². The molecule has 0 atom stereocenters. The topological polar surface area (TPSA) is 12.0 Å². The Bertz CT molecular complexity index is 424. The highest BCUT2D eigenvalue weighted by atomic mass is 35.5. The lowest BCUT2D eigenvalue weighted by molar-refractivity contribution is 0.623. The van der Waals surface area contributed by atoms with Crippen LogP contribution in [0, 0.1) is 5.82 Å². The molecule has 1 saturated carbocycles. The largest absolute Gasteiger partial charge is 0.314 e. The van der Waals surface area contributed by atoms with Crippen LogP contribution in [0.3, 0.4) is 0 Å². The average Bonchev–Trinajstić information content (AvgIpc) is 3.08. The molecule has 0 spiro atoms. The molecule has 1 nitrogen and oxygen atoms in total. The van der Waals surface area contributed by atoms with Crippen molar-refractivity contribution in [2.75, 3.05) is 6.54 Å². The minimum Gasteiger partial charge on any atom is -0.314 e. The molecule has 1 aromatic rings. The molecule has 1 aromatic carbocycles. The zero-order valence-electron chi connectivity index (χ0n) is 9.97. The van der Waals surface area contributed by atoms with Crippen molar-refractivity contribution in [1.82, 2.24) is 5.32 Å². The van der Waals surface area contributed by atoms with Crippen LogP contribution in [0.1, 0.15) is 31.7 Å². The van der Waals surface area contributed by atoms with E-state index in [0.29, 0.717) is 10.6 Å². The Morgan fingerprint density at radius 1 is 1.53 bits per heavy atom. The molecule has 1 N–H and O–H groups in total. The van der Waals surface area contributed by atoms with Crippen LogP contribution in [-0.4, -0.2) is 12.6 Å². The van der Waals surface area contributed by atoms with Gasteiger partial charge in [0.1, 0.15) is 5.82 Å². The lowest BCUT2D eigenvalue weighted by Crippen LogP contribution is -2.16. The van der Waals surface area contributed by atoms with Gasteiger partial charge in [-0.15, -0.1) is 0 Å². The van der Waals surface area contributed by atoms with Gasteiger partial charge in [0.15, 0.2) is 0 Å². The van der Waals surface area contributed by atoms with E-state index in [2.05, 4.69) is 11.4 Å². The highest BCUT2D eigenvalue weighted by Gasteiger charge is 2.19. The summed E-state index contributed by atoms with van der Waals surface area (Å²) in [5.41, 5.74) is 1.61. The van der Waals surface area contributed by atoms with E-state index in [0.717, 1.165) is 24.6 Å². The van der Waals surface area contributed by atoms with Crippen molar-refractivity contribution in [3.63, 3.8) is 0 Å². The van der Waals surface area contributed by atoms with Gasteiger partial charge in [-0.2, -0.15) is 0 Å². The minimum absolute atomic E-state index is 0.249. The fraction of sp³-hybridized carbons (Fsp3) is 0.429. The Labute approximate surface area is 107 Å². The van der Waals surface area contributed by atoms with E-state index in [9.17, 15) is 4.39 Å². The molecule has 2 rings (SSSR count). The third-order valence-corrected chi connectivity index (χ3v) is 3.20. The summed E-state index contributed by atoms with van der Waals surface area (Å²) in [5, 5.41) is 3.87. The number of hydrogen-bond donors (Lipinski definition) is 1. The first-order chi connectivity index (χ1) is 8.16. The van der Waals surface area contributed by atoms with Crippen molar-refractivity contribution in [2.24, 2.45) is 0 Å². The van der Waals surface area contributed by atoms with Crippen LogP contribution in [0.2, 0.25) is 5.02 Å². The van der Waals surface area contributed by atoms with E-state index in [1.54, 1.807) is 12.1 Å². The van der Waals surface area contributed by atoms with E-state index in [-0.39, 0.29) is 5.82 Å². The first-order valence-corrected chi connectivity index (χ1v) is 6.40. The third-order valence-electron chi connectivity index (χ3n) is 2.96. The molecule has 0 unspecified atom stereocenters. The smallest absolute Gasteiger partial charge is 0.132 e. The Morgan fingerprint density at radius 3 is 2.94 bits per heavy atom. The monoisotopic (exact) mass is 253 g/mol. The van der Waals surface area contributed by atoms with Crippen molar-refractivity contribution in [2.45, 2.75) is 32.2 Å². The highest BCUT2D eigenvalue weighted by Crippen LogP contribution is 2.22. The lowest BCUT2D eigenvalue weighted by atomic mass is 10.1. The van der Waals surface area contributed by atoms with Crippen LogP contribution in [-0.2, 0) is 0 Å². The van der Waals surface area contributed by atoms with E-state index < -0.39 is 0 Å². The molecule has 1 aliphatic carbocycles. The molecular formula is C14H17ClFN. The third kappa shape index (κ3) is 3.83. The normalized spacial score (nSPS) is 16.3. The van der Waals surface area contributed by atoms with Crippen LogP contribution in [0.5, 0.6) is 0 Å². The maximum atomic E-state index is 13.6. The molecule has 0 aliphatic heterocycles. The van der Waals surface area contributed by atoms with Crippen LogP contribution in [0.25, 0.3) is 5.57 Å². The first-order valence-electron chi connectivity index (χ1n) is 6.02. The summed E-state index contributed by atoms with van der Waals surface area (Å²) >= 11 is 5.72. The van der Waals surface area contributed by atoms with Gasteiger partial charge in [-0.25, -0.2) is 4.39 Å². The summed E-state index contributed by atoms with van der Waals surface area (Å²) in [5.74, 6) is -0.249. The molecule has 1 fully saturated rings. The predicted molar refractivity (Wildman–Crippen MR) is 70.7 cm³/mol. The van der Waals surface area contributed by atoms with Crippen molar-refractivity contribution in [1.29, 1.82) is 0 Å². The zero-order chi connectivity index (χ0) is 12.3. The van der Waals surface area contributed by atoms with Crippen molar-refractivity contribution in [3.05, 3.63) is 40.7 Å². The van der Waals surface area contributed by atoms with E-state index >= 15 is 0 Å². The number of hydrogen-bond acceptors (Lipinski definition) is 1. The second-order valence-electron chi connectivity index (χ2n) is 4.53. The number of benzene rings is 1. The van der Waals surface area contributed by atoms with Crippen molar-refractivity contribution < 1.29 is 4.39 Å². The first kappa shape index (κ1) is 12.6. The fourth-order valence-corrected chi connectivity index (χ4v) is 1.94. The molecule has 0 aromatic heterocycles. The Balaban J connectivity index is 1.92. The lowest BCUT2D eigenvalue weighted by Gasteiger charge is -2.05. The summed E-state index contributed by atoms with van der Waals surface area (Å²) < 4.78 is 13.6. The maximum absolute atomic E-state index is 13.6. The van der Waals surface area contributed by atoms with E-state index in [4.69, 9.17) is 11.6 Å². The Kier molecular flexibility index (Phi) is 4.19. The number of allylic oxidation sites excluding steroid dienone is 1.